The Balaban J connectivity index is 2.13. The van der Waals surface area contributed by atoms with Gasteiger partial charge >= 0.3 is 0 Å². The van der Waals surface area contributed by atoms with Crippen LogP contribution in [0.5, 0.6) is 0 Å². The molecule has 0 aliphatic heterocycles. The summed E-state index contributed by atoms with van der Waals surface area (Å²) in [6.07, 6.45) is -0.771. The molecule has 2 aromatic rings. The first-order chi connectivity index (χ1) is 9.59. The summed E-state index contributed by atoms with van der Waals surface area (Å²) < 4.78 is 0. The summed E-state index contributed by atoms with van der Waals surface area (Å²) in [6, 6.07) is 13.5. The second kappa shape index (κ2) is 6.36. The van der Waals surface area contributed by atoms with E-state index in [4.69, 9.17) is 11.6 Å². The van der Waals surface area contributed by atoms with Crippen LogP contribution in [0.2, 0.25) is 5.02 Å². The fourth-order valence-electron chi connectivity index (χ4n) is 1.83. The van der Waals surface area contributed by atoms with Crippen LogP contribution in [0, 0.1) is 10.1 Å². The molecule has 104 valence electrons. The van der Waals surface area contributed by atoms with Gasteiger partial charge in [-0.2, -0.15) is 0 Å². The van der Waals surface area contributed by atoms with E-state index in [1.807, 2.05) is 18.2 Å². The van der Waals surface area contributed by atoms with Crippen molar-refractivity contribution >= 4 is 23.0 Å². The van der Waals surface area contributed by atoms with Gasteiger partial charge in [-0.1, -0.05) is 48.0 Å². The highest BCUT2D eigenvalue weighted by Gasteiger charge is 2.17. The average molecular weight is 293 g/mol. The molecule has 2 N–H and O–H groups in total. The molecule has 6 heteroatoms. The van der Waals surface area contributed by atoms with E-state index in [1.165, 1.54) is 12.1 Å². The number of nitro benzene ring substituents is 1. The highest BCUT2D eigenvalue weighted by atomic mass is 35.5. The number of benzene rings is 2. The summed E-state index contributed by atoms with van der Waals surface area (Å²) >= 11 is 5.95. The number of aliphatic hydroxyl groups is 1. The lowest BCUT2D eigenvalue weighted by Crippen LogP contribution is -2.13. The highest BCUT2D eigenvalue weighted by molar-refractivity contribution is 6.33. The zero-order chi connectivity index (χ0) is 14.5. The number of para-hydroxylation sites is 1. The van der Waals surface area contributed by atoms with Crippen LogP contribution in [0.25, 0.3) is 0 Å². The Bertz CT molecular complexity index is 605. The van der Waals surface area contributed by atoms with E-state index in [0.29, 0.717) is 0 Å². The van der Waals surface area contributed by atoms with Crippen LogP contribution in [-0.2, 0) is 0 Å². The van der Waals surface area contributed by atoms with Crippen molar-refractivity contribution in [3.8, 4) is 0 Å². The van der Waals surface area contributed by atoms with E-state index in [9.17, 15) is 15.2 Å². The van der Waals surface area contributed by atoms with E-state index in [-0.39, 0.29) is 22.9 Å². The number of anilines is 1. The van der Waals surface area contributed by atoms with Crippen LogP contribution < -0.4 is 5.32 Å². The van der Waals surface area contributed by atoms with Gasteiger partial charge in [0.05, 0.1) is 16.0 Å². The second-order valence-electron chi connectivity index (χ2n) is 4.20. The lowest BCUT2D eigenvalue weighted by molar-refractivity contribution is -0.383. The average Bonchev–Trinajstić information content (AvgIpc) is 2.46. The lowest BCUT2D eigenvalue weighted by Gasteiger charge is -2.14. The summed E-state index contributed by atoms with van der Waals surface area (Å²) in [5.41, 5.74) is 0.835. The molecule has 0 spiro atoms. The van der Waals surface area contributed by atoms with Gasteiger partial charge in [0.15, 0.2) is 0 Å². The first kappa shape index (κ1) is 14.3. The number of halogens is 1. The Morgan fingerprint density at radius 2 is 1.90 bits per heavy atom. The van der Waals surface area contributed by atoms with Gasteiger partial charge in [0.2, 0.25) is 0 Å². The Labute approximate surface area is 121 Å². The molecule has 2 rings (SSSR count). The molecule has 1 atom stereocenters. The van der Waals surface area contributed by atoms with Gasteiger partial charge in [-0.25, -0.2) is 0 Å². The van der Waals surface area contributed by atoms with Crippen molar-refractivity contribution in [1.82, 2.24) is 0 Å². The first-order valence-electron chi connectivity index (χ1n) is 5.99. The summed E-state index contributed by atoms with van der Waals surface area (Å²) in [5.74, 6) is 0. The molecule has 20 heavy (non-hydrogen) atoms. The fourth-order valence-corrected chi connectivity index (χ4v) is 2.07. The van der Waals surface area contributed by atoms with E-state index in [2.05, 4.69) is 5.32 Å². The quantitative estimate of drug-likeness (QED) is 0.654. The van der Waals surface area contributed by atoms with Gasteiger partial charge in [0, 0.05) is 12.6 Å². The number of aliphatic hydroxyl groups excluding tert-OH is 1. The van der Waals surface area contributed by atoms with Gasteiger partial charge in [-0.3, -0.25) is 10.1 Å². The van der Waals surface area contributed by atoms with Gasteiger partial charge in [-0.15, -0.1) is 0 Å². The van der Waals surface area contributed by atoms with Crippen LogP contribution >= 0.6 is 11.6 Å². The largest absolute Gasteiger partial charge is 0.387 e. The summed E-state index contributed by atoms with van der Waals surface area (Å²) in [4.78, 5) is 10.4. The standard InChI is InChI=1S/C14H13ClN2O3/c15-11-7-4-8-12(17(19)20)14(11)16-9-13(18)10-5-2-1-3-6-10/h1-8,13,16,18H,9H2. The van der Waals surface area contributed by atoms with E-state index < -0.39 is 11.0 Å². The van der Waals surface area contributed by atoms with E-state index in [0.717, 1.165) is 5.56 Å². The number of nitrogens with one attached hydrogen (secondary N) is 1. The SMILES string of the molecule is O=[N+]([O-])c1cccc(Cl)c1NCC(O)c1ccccc1. The predicted molar refractivity (Wildman–Crippen MR) is 78.0 cm³/mol. The smallest absolute Gasteiger partial charge is 0.293 e. The van der Waals surface area contributed by atoms with Crippen molar-refractivity contribution in [3.63, 3.8) is 0 Å². The molecule has 0 aromatic heterocycles. The zero-order valence-electron chi connectivity index (χ0n) is 10.5. The maximum absolute atomic E-state index is 10.9. The van der Waals surface area contributed by atoms with Crippen LogP contribution in [0.1, 0.15) is 11.7 Å². The van der Waals surface area contributed by atoms with Crippen LogP contribution in [0.15, 0.2) is 48.5 Å². The van der Waals surface area contributed by atoms with Crippen LogP contribution in [-0.4, -0.2) is 16.6 Å². The summed E-state index contributed by atoms with van der Waals surface area (Å²) in [5, 5.41) is 24.0. The first-order valence-corrected chi connectivity index (χ1v) is 6.37. The molecule has 0 amide bonds. The number of nitro groups is 1. The van der Waals surface area contributed by atoms with Crippen molar-refractivity contribution in [2.75, 3.05) is 11.9 Å². The number of rotatable bonds is 5. The molecular weight excluding hydrogens is 280 g/mol. The van der Waals surface area contributed by atoms with Crippen LogP contribution in [0.3, 0.4) is 0 Å². The third-order valence-electron chi connectivity index (χ3n) is 2.84. The number of nitrogens with zero attached hydrogens (tertiary/aromatic N) is 1. The van der Waals surface area contributed by atoms with E-state index in [1.54, 1.807) is 18.2 Å². The molecule has 0 fully saturated rings. The van der Waals surface area contributed by atoms with Crippen LogP contribution in [0.4, 0.5) is 11.4 Å². The third kappa shape index (κ3) is 3.26. The Morgan fingerprint density at radius 3 is 2.55 bits per heavy atom. The van der Waals surface area contributed by atoms with Crippen molar-refractivity contribution in [3.05, 3.63) is 69.2 Å². The van der Waals surface area contributed by atoms with Gasteiger partial charge < -0.3 is 10.4 Å². The lowest BCUT2D eigenvalue weighted by atomic mass is 10.1. The minimum atomic E-state index is -0.771. The van der Waals surface area contributed by atoms with Gasteiger partial charge in [0.1, 0.15) is 5.69 Å². The zero-order valence-corrected chi connectivity index (χ0v) is 11.2. The molecule has 0 aliphatic rings. The maximum atomic E-state index is 10.9. The molecule has 1 unspecified atom stereocenters. The Hall–Kier alpha value is -2.11. The molecule has 0 radical (unpaired) electrons. The minimum absolute atomic E-state index is 0.113. The van der Waals surface area contributed by atoms with Crippen molar-refractivity contribution in [2.24, 2.45) is 0 Å². The minimum Gasteiger partial charge on any atom is -0.387 e. The monoisotopic (exact) mass is 292 g/mol. The molecular formula is C14H13ClN2O3. The van der Waals surface area contributed by atoms with Crippen molar-refractivity contribution in [2.45, 2.75) is 6.10 Å². The summed E-state index contributed by atoms with van der Waals surface area (Å²) in [6.45, 7) is 0.134. The Morgan fingerprint density at radius 1 is 1.20 bits per heavy atom. The molecule has 0 aliphatic carbocycles. The molecule has 0 heterocycles. The highest BCUT2D eigenvalue weighted by Crippen LogP contribution is 2.32. The van der Waals surface area contributed by atoms with Crippen molar-refractivity contribution < 1.29 is 10.0 Å². The number of hydrogen-bond acceptors (Lipinski definition) is 4. The molecule has 0 saturated carbocycles. The number of hydrogen-bond donors (Lipinski definition) is 2. The normalized spacial score (nSPS) is 11.9. The summed E-state index contributed by atoms with van der Waals surface area (Å²) in [7, 11) is 0. The third-order valence-corrected chi connectivity index (χ3v) is 3.16. The predicted octanol–water partition coefficient (Wildman–Crippen LogP) is 3.39. The fraction of sp³-hybridized carbons (Fsp3) is 0.143. The maximum Gasteiger partial charge on any atom is 0.293 e. The molecule has 2 aromatic carbocycles. The second-order valence-corrected chi connectivity index (χ2v) is 4.61. The van der Waals surface area contributed by atoms with Crippen molar-refractivity contribution in [1.29, 1.82) is 0 Å². The molecule has 0 bridgehead atoms. The topological polar surface area (TPSA) is 75.4 Å². The van der Waals surface area contributed by atoms with E-state index >= 15 is 0 Å². The van der Waals surface area contributed by atoms with Gasteiger partial charge in [-0.05, 0) is 11.6 Å². The molecule has 0 saturated heterocycles. The molecule has 5 nitrogen and oxygen atoms in total. The Kier molecular flexibility index (Phi) is 4.55. The van der Waals surface area contributed by atoms with Gasteiger partial charge in [0.25, 0.3) is 5.69 Å².